The molecule has 9 nitrogen and oxygen atoms in total. The number of primary amides is 1. The topological polar surface area (TPSA) is 111 Å². The Balaban J connectivity index is 1.76. The van der Waals surface area contributed by atoms with Gasteiger partial charge in [-0.15, -0.1) is 0 Å². The zero-order valence-electron chi connectivity index (χ0n) is 18.6. The zero-order chi connectivity index (χ0) is 23.5. The Morgan fingerprint density at radius 2 is 1.79 bits per heavy atom. The molecule has 33 heavy (non-hydrogen) atoms. The lowest BCUT2D eigenvalue weighted by Gasteiger charge is -2.28. The number of benzene rings is 2. The van der Waals surface area contributed by atoms with E-state index in [0.717, 1.165) is 12.8 Å². The minimum atomic E-state index is -1.15. The van der Waals surface area contributed by atoms with E-state index in [0.29, 0.717) is 40.9 Å². The third-order valence-corrected chi connectivity index (χ3v) is 5.71. The number of nitrogens with zero attached hydrogens (tertiary/aromatic N) is 2. The van der Waals surface area contributed by atoms with Crippen molar-refractivity contribution in [2.24, 2.45) is 11.7 Å². The fraction of sp³-hybridized carbons (Fsp3) is 0.375. The Morgan fingerprint density at radius 1 is 1.03 bits per heavy atom. The Bertz CT molecular complexity index is 1040. The molecule has 0 aromatic heterocycles. The second-order valence-corrected chi connectivity index (χ2v) is 7.85. The van der Waals surface area contributed by atoms with Gasteiger partial charge in [0.15, 0.2) is 17.6 Å². The van der Waals surface area contributed by atoms with Crippen molar-refractivity contribution >= 4 is 23.5 Å². The number of hydrogen-bond acceptors (Lipinski definition) is 7. The summed E-state index contributed by atoms with van der Waals surface area (Å²) in [7, 11) is 0. The van der Waals surface area contributed by atoms with Gasteiger partial charge in [0.1, 0.15) is 5.92 Å². The standard InChI is InChI=1S/C24H27N3O6/c1-3-5-13-32-17-12-11-15(14-18(17)31-4-2)20-19-21(23(29)26(22(19)28)24(25)30)33-27(20)16-9-7-6-8-10-16/h6-12,14,19-21H,3-5,13H2,1-2H3,(H2,25,30)/t19-,20-,21-/m0/s1. The Labute approximate surface area is 191 Å². The van der Waals surface area contributed by atoms with Crippen molar-refractivity contribution < 1.29 is 28.7 Å². The van der Waals surface area contributed by atoms with E-state index in [9.17, 15) is 14.4 Å². The van der Waals surface area contributed by atoms with Gasteiger partial charge in [-0.1, -0.05) is 37.6 Å². The lowest BCUT2D eigenvalue weighted by molar-refractivity contribution is -0.139. The number of rotatable bonds is 8. The van der Waals surface area contributed by atoms with Crippen LogP contribution in [-0.4, -0.2) is 42.1 Å². The number of carbonyl (C=O) groups excluding carboxylic acids is 3. The van der Waals surface area contributed by atoms with Crippen molar-refractivity contribution in [3.63, 3.8) is 0 Å². The molecule has 0 aliphatic carbocycles. The molecule has 0 saturated carbocycles. The van der Waals surface area contributed by atoms with Crippen molar-refractivity contribution in [2.45, 2.75) is 38.8 Å². The van der Waals surface area contributed by atoms with Gasteiger partial charge >= 0.3 is 6.03 Å². The average Bonchev–Trinajstić information content (AvgIpc) is 3.31. The number of hydroxylamine groups is 1. The zero-order valence-corrected chi connectivity index (χ0v) is 18.6. The molecule has 2 fully saturated rings. The molecule has 2 aliphatic rings. The molecule has 4 rings (SSSR count). The lowest BCUT2D eigenvalue weighted by atomic mass is 9.90. The van der Waals surface area contributed by atoms with E-state index in [1.165, 1.54) is 0 Å². The van der Waals surface area contributed by atoms with E-state index in [-0.39, 0.29) is 0 Å². The first-order chi connectivity index (χ1) is 16.0. The number of unbranched alkanes of at least 4 members (excludes halogenated alkanes) is 1. The number of imide groups is 3. The molecule has 2 N–H and O–H groups in total. The molecule has 4 amide bonds. The fourth-order valence-corrected chi connectivity index (χ4v) is 4.19. The Morgan fingerprint density at radius 3 is 2.45 bits per heavy atom. The summed E-state index contributed by atoms with van der Waals surface area (Å²) >= 11 is 0. The van der Waals surface area contributed by atoms with Gasteiger partial charge in [0, 0.05) is 0 Å². The monoisotopic (exact) mass is 453 g/mol. The molecule has 2 heterocycles. The molecule has 2 saturated heterocycles. The van der Waals surface area contributed by atoms with E-state index >= 15 is 0 Å². The molecule has 2 aromatic carbocycles. The Kier molecular flexibility index (Phi) is 6.50. The number of ether oxygens (including phenoxy) is 2. The number of carbonyl (C=O) groups is 3. The molecular weight excluding hydrogens is 426 g/mol. The third-order valence-electron chi connectivity index (χ3n) is 5.71. The van der Waals surface area contributed by atoms with Crippen LogP contribution in [0, 0.1) is 5.92 Å². The van der Waals surface area contributed by atoms with E-state index in [1.807, 2.05) is 43.3 Å². The van der Waals surface area contributed by atoms with Crippen LogP contribution < -0.4 is 20.3 Å². The van der Waals surface area contributed by atoms with Gasteiger partial charge in [-0.2, -0.15) is 4.90 Å². The number of amides is 4. The fourth-order valence-electron chi connectivity index (χ4n) is 4.19. The molecular formula is C24H27N3O6. The molecule has 0 spiro atoms. The molecule has 3 atom stereocenters. The van der Waals surface area contributed by atoms with Crippen LogP contribution in [-0.2, 0) is 14.4 Å². The van der Waals surface area contributed by atoms with Crippen molar-refractivity contribution in [3.05, 3.63) is 54.1 Å². The highest BCUT2D eigenvalue weighted by Gasteiger charge is 2.61. The van der Waals surface area contributed by atoms with Gasteiger partial charge in [0.2, 0.25) is 5.91 Å². The van der Waals surface area contributed by atoms with E-state index in [4.69, 9.17) is 20.0 Å². The molecule has 0 bridgehead atoms. The van der Waals surface area contributed by atoms with Crippen LogP contribution in [0.1, 0.15) is 38.3 Å². The lowest BCUT2D eigenvalue weighted by Crippen LogP contribution is -2.44. The second-order valence-electron chi connectivity index (χ2n) is 7.85. The van der Waals surface area contributed by atoms with Crippen molar-refractivity contribution in [3.8, 4) is 11.5 Å². The first-order valence-corrected chi connectivity index (χ1v) is 11.1. The minimum Gasteiger partial charge on any atom is -0.490 e. The number of fused-ring (bicyclic) bond motifs is 1. The largest absolute Gasteiger partial charge is 0.490 e. The quantitative estimate of drug-likeness (QED) is 0.483. The first kappa shape index (κ1) is 22.6. The van der Waals surface area contributed by atoms with Crippen molar-refractivity contribution in [2.75, 3.05) is 18.3 Å². The van der Waals surface area contributed by atoms with Crippen LogP contribution in [0.4, 0.5) is 10.5 Å². The average molecular weight is 453 g/mol. The maximum Gasteiger partial charge on any atom is 0.328 e. The number of para-hydroxylation sites is 1. The SMILES string of the molecule is CCCCOc1ccc([C@H]2[C@@H]3C(=O)N(C(N)=O)C(=O)[C@H]3ON2c2ccccc2)cc1OCC. The summed E-state index contributed by atoms with van der Waals surface area (Å²) in [5, 5.41) is 1.55. The predicted octanol–water partition coefficient (Wildman–Crippen LogP) is 3.19. The summed E-state index contributed by atoms with van der Waals surface area (Å²) in [6, 6.07) is 12.8. The summed E-state index contributed by atoms with van der Waals surface area (Å²) in [5.41, 5.74) is 6.65. The van der Waals surface area contributed by atoms with Gasteiger partial charge in [-0.25, -0.2) is 9.86 Å². The van der Waals surface area contributed by atoms with Crippen LogP contribution >= 0.6 is 0 Å². The number of nitrogens with two attached hydrogens (primary N) is 1. The summed E-state index contributed by atoms with van der Waals surface area (Å²) < 4.78 is 11.7. The van der Waals surface area contributed by atoms with Crippen LogP contribution in [0.15, 0.2) is 48.5 Å². The van der Waals surface area contributed by atoms with Crippen LogP contribution in [0.5, 0.6) is 11.5 Å². The molecule has 2 aliphatic heterocycles. The van der Waals surface area contributed by atoms with Gasteiger partial charge in [-0.3, -0.25) is 14.4 Å². The minimum absolute atomic E-state index is 0.427. The van der Waals surface area contributed by atoms with Gasteiger partial charge in [0.25, 0.3) is 5.91 Å². The normalized spacial score (nSPS) is 21.9. The smallest absolute Gasteiger partial charge is 0.328 e. The molecule has 0 unspecified atom stereocenters. The third kappa shape index (κ3) is 4.11. The van der Waals surface area contributed by atoms with E-state index in [2.05, 4.69) is 6.92 Å². The molecule has 9 heteroatoms. The first-order valence-electron chi connectivity index (χ1n) is 11.1. The van der Waals surface area contributed by atoms with Gasteiger partial charge in [0.05, 0.1) is 24.9 Å². The predicted molar refractivity (Wildman–Crippen MR) is 119 cm³/mol. The highest BCUT2D eigenvalue weighted by molar-refractivity contribution is 6.18. The van der Waals surface area contributed by atoms with E-state index < -0.39 is 35.9 Å². The number of likely N-dealkylation sites (tertiary alicyclic amines) is 1. The number of hydrogen-bond donors (Lipinski definition) is 1. The van der Waals surface area contributed by atoms with Crippen LogP contribution in [0.2, 0.25) is 0 Å². The summed E-state index contributed by atoms with van der Waals surface area (Å²) in [5.74, 6) is -1.24. The second kappa shape index (κ2) is 9.50. The maximum atomic E-state index is 13.1. The highest BCUT2D eigenvalue weighted by atomic mass is 16.7. The van der Waals surface area contributed by atoms with E-state index in [1.54, 1.807) is 17.2 Å². The summed E-state index contributed by atoms with van der Waals surface area (Å²) in [6.45, 7) is 4.94. The maximum absolute atomic E-state index is 13.1. The molecule has 2 aromatic rings. The molecule has 174 valence electrons. The van der Waals surface area contributed by atoms with Gasteiger partial charge < -0.3 is 15.2 Å². The summed E-state index contributed by atoms with van der Waals surface area (Å²) in [6.07, 6.45) is 0.768. The van der Waals surface area contributed by atoms with Crippen molar-refractivity contribution in [1.82, 2.24) is 4.90 Å². The van der Waals surface area contributed by atoms with Crippen LogP contribution in [0.25, 0.3) is 0 Å². The van der Waals surface area contributed by atoms with Crippen molar-refractivity contribution in [1.29, 1.82) is 0 Å². The van der Waals surface area contributed by atoms with Crippen LogP contribution in [0.3, 0.4) is 0 Å². The highest BCUT2D eigenvalue weighted by Crippen LogP contribution is 2.47. The van der Waals surface area contributed by atoms with Gasteiger partial charge in [-0.05, 0) is 43.2 Å². The molecule has 0 radical (unpaired) electrons. The number of urea groups is 1. The summed E-state index contributed by atoms with van der Waals surface area (Å²) in [4.78, 5) is 44.0. The Hall–Kier alpha value is -3.59. The number of anilines is 1.